The Kier molecular flexibility index (Phi) is 7.41. The van der Waals surface area contributed by atoms with Gasteiger partial charge in [-0.2, -0.15) is 0 Å². The number of piperidine rings is 1. The van der Waals surface area contributed by atoms with Crippen molar-refractivity contribution in [2.24, 2.45) is 4.99 Å². The van der Waals surface area contributed by atoms with Gasteiger partial charge in [-0.15, -0.1) is 0 Å². The maximum absolute atomic E-state index is 13.2. The van der Waals surface area contributed by atoms with E-state index in [1.807, 2.05) is 30.3 Å². The van der Waals surface area contributed by atoms with Gasteiger partial charge in [0.25, 0.3) is 0 Å². The molecule has 0 radical (unpaired) electrons. The Hall–Kier alpha value is -2.89. The highest BCUT2D eigenvalue weighted by Crippen LogP contribution is 2.12. The number of carbonyl (C=O) groups is 1. The van der Waals surface area contributed by atoms with Crippen molar-refractivity contribution in [2.75, 3.05) is 31.5 Å². The summed E-state index contributed by atoms with van der Waals surface area (Å²) in [6.45, 7) is 2.91. The number of nitrogens with one attached hydrogen (secondary N) is 2. The summed E-state index contributed by atoms with van der Waals surface area (Å²) in [6.07, 6.45) is 3.76. The number of carbonyl (C=O) groups excluding carboxylic acids is 1. The van der Waals surface area contributed by atoms with Crippen LogP contribution >= 0.6 is 0 Å². The van der Waals surface area contributed by atoms with Gasteiger partial charge in [0.05, 0.1) is 13.0 Å². The van der Waals surface area contributed by atoms with Crippen molar-refractivity contribution in [3.8, 4) is 0 Å². The zero-order chi connectivity index (χ0) is 19.6. The minimum Gasteiger partial charge on any atom is -0.354 e. The number of amides is 1. The minimum atomic E-state index is -0.326. The molecule has 0 aromatic heterocycles. The third-order valence-corrected chi connectivity index (χ3v) is 4.63. The Labute approximate surface area is 165 Å². The highest BCUT2D eigenvalue weighted by molar-refractivity contribution is 5.93. The summed E-state index contributed by atoms with van der Waals surface area (Å²) in [5, 5.41) is 6.26. The summed E-state index contributed by atoms with van der Waals surface area (Å²) >= 11 is 0. The third kappa shape index (κ3) is 6.37. The molecule has 0 spiro atoms. The molecule has 6 heteroatoms. The summed E-state index contributed by atoms with van der Waals surface area (Å²) in [5.41, 5.74) is 1.67. The van der Waals surface area contributed by atoms with Crippen LogP contribution in [0.25, 0.3) is 0 Å². The van der Waals surface area contributed by atoms with Crippen LogP contribution in [0, 0.1) is 5.82 Å². The van der Waals surface area contributed by atoms with E-state index in [1.165, 1.54) is 31.4 Å². The lowest BCUT2D eigenvalue weighted by Crippen LogP contribution is -2.40. The molecule has 148 valence electrons. The van der Waals surface area contributed by atoms with Gasteiger partial charge in [0.15, 0.2) is 5.96 Å². The number of hydrogen-bond acceptors (Lipinski definition) is 2. The summed E-state index contributed by atoms with van der Waals surface area (Å²) < 4.78 is 13.2. The lowest BCUT2D eigenvalue weighted by atomic mass is 10.1. The van der Waals surface area contributed by atoms with E-state index in [-0.39, 0.29) is 18.1 Å². The van der Waals surface area contributed by atoms with Crippen molar-refractivity contribution in [1.29, 1.82) is 0 Å². The average molecular weight is 382 g/mol. The van der Waals surface area contributed by atoms with Gasteiger partial charge in [0, 0.05) is 25.3 Å². The van der Waals surface area contributed by atoms with Gasteiger partial charge in [-0.25, -0.2) is 4.39 Å². The van der Waals surface area contributed by atoms with Crippen LogP contribution in [0.3, 0.4) is 0 Å². The van der Waals surface area contributed by atoms with E-state index in [9.17, 15) is 9.18 Å². The number of likely N-dealkylation sites (tertiary alicyclic amines) is 1. The van der Waals surface area contributed by atoms with Gasteiger partial charge in [-0.05, 0) is 49.1 Å². The van der Waals surface area contributed by atoms with Crippen LogP contribution in [0.15, 0.2) is 59.6 Å². The Morgan fingerprint density at radius 2 is 1.82 bits per heavy atom. The topological polar surface area (TPSA) is 56.7 Å². The Balaban J connectivity index is 1.52. The summed E-state index contributed by atoms with van der Waals surface area (Å²) in [4.78, 5) is 19.0. The molecule has 0 saturated carbocycles. The van der Waals surface area contributed by atoms with Gasteiger partial charge in [-0.1, -0.05) is 30.3 Å². The van der Waals surface area contributed by atoms with Crippen LogP contribution in [-0.2, 0) is 11.2 Å². The number of benzene rings is 2. The van der Waals surface area contributed by atoms with E-state index >= 15 is 0 Å². The highest BCUT2D eigenvalue weighted by Gasteiger charge is 2.15. The minimum absolute atomic E-state index is 0.128. The standard InChI is InChI=1S/C22H27FN4O/c23-19-9-7-8-18(16-19)17-21(28)24-12-13-25-22(27-14-5-2-6-15-27)26-20-10-3-1-4-11-20/h1,3-4,7-11,16H,2,5-6,12-15,17H2,(H,24,28)(H,25,26). The smallest absolute Gasteiger partial charge is 0.224 e. The number of guanidine groups is 1. The second-order valence-electron chi connectivity index (χ2n) is 6.90. The molecular formula is C22H27FN4O. The van der Waals surface area contributed by atoms with Crippen molar-refractivity contribution in [1.82, 2.24) is 10.2 Å². The highest BCUT2D eigenvalue weighted by atomic mass is 19.1. The number of rotatable bonds is 6. The molecule has 0 bridgehead atoms. The fourth-order valence-electron chi connectivity index (χ4n) is 3.23. The van der Waals surface area contributed by atoms with E-state index in [0.717, 1.165) is 24.7 Å². The normalized spacial score (nSPS) is 14.6. The van der Waals surface area contributed by atoms with Gasteiger partial charge in [0.2, 0.25) is 5.91 Å². The van der Waals surface area contributed by atoms with Crippen LogP contribution in [0.2, 0.25) is 0 Å². The van der Waals surface area contributed by atoms with Crippen molar-refractivity contribution in [3.05, 3.63) is 66.0 Å². The molecule has 0 aliphatic carbocycles. The Morgan fingerprint density at radius 3 is 2.57 bits per heavy atom. The van der Waals surface area contributed by atoms with E-state index in [2.05, 4.69) is 15.5 Å². The summed E-state index contributed by atoms with van der Waals surface area (Å²) in [6, 6.07) is 16.1. The zero-order valence-electron chi connectivity index (χ0n) is 16.0. The number of aliphatic imine (C=N–C) groups is 1. The number of nitrogens with zero attached hydrogens (tertiary/aromatic N) is 2. The van der Waals surface area contributed by atoms with Crippen molar-refractivity contribution in [3.63, 3.8) is 0 Å². The van der Waals surface area contributed by atoms with Crippen LogP contribution < -0.4 is 10.6 Å². The monoisotopic (exact) mass is 382 g/mol. The van der Waals surface area contributed by atoms with E-state index in [0.29, 0.717) is 18.7 Å². The maximum atomic E-state index is 13.2. The first-order valence-electron chi connectivity index (χ1n) is 9.83. The van der Waals surface area contributed by atoms with Crippen LogP contribution in [0.1, 0.15) is 24.8 Å². The quantitative estimate of drug-likeness (QED) is 0.457. The fraction of sp³-hybridized carbons (Fsp3) is 0.364. The number of hydrogen-bond donors (Lipinski definition) is 2. The zero-order valence-corrected chi connectivity index (χ0v) is 16.0. The molecule has 5 nitrogen and oxygen atoms in total. The van der Waals surface area contributed by atoms with Crippen molar-refractivity contribution >= 4 is 17.6 Å². The molecule has 28 heavy (non-hydrogen) atoms. The molecule has 0 unspecified atom stereocenters. The summed E-state index contributed by atoms with van der Waals surface area (Å²) in [5.74, 6) is 0.398. The number of halogens is 1. The maximum Gasteiger partial charge on any atom is 0.224 e. The number of para-hydroxylation sites is 1. The molecule has 1 saturated heterocycles. The van der Waals surface area contributed by atoms with Crippen LogP contribution in [0.4, 0.5) is 10.1 Å². The van der Waals surface area contributed by atoms with Gasteiger partial charge in [-0.3, -0.25) is 9.79 Å². The predicted molar refractivity (Wildman–Crippen MR) is 111 cm³/mol. The molecule has 3 rings (SSSR count). The molecule has 2 aromatic rings. The van der Waals surface area contributed by atoms with Gasteiger partial charge >= 0.3 is 0 Å². The predicted octanol–water partition coefficient (Wildman–Crippen LogP) is 3.44. The SMILES string of the molecule is O=C(Cc1cccc(F)c1)NCCN=C(Nc1ccccc1)N1CCCCC1. The lowest BCUT2D eigenvalue weighted by Gasteiger charge is -2.30. The Morgan fingerprint density at radius 1 is 1.04 bits per heavy atom. The molecule has 1 amide bonds. The Bertz CT molecular complexity index is 788. The molecule has 1 aliphatic heterocycles. The first kappa shape index (κ1) is 19.9. The molecule has 0 atom stereocenters. The molecule has 2 N–H and O–H groups in total. The first-order valence-corrected chi connectivity index (χ1v) is 9.83. The van der Waals surface area contributed by atoms with Crippen molar-refractivity contribution in [2.45, 2.75) is 25.7 Å². The number of anilines is 1. The average Bonchev–Trinajstić information content (AvgIpc) is 2.72. The van der Waals surface area contributed by atoms with Gasteiger partial charge < -0.3 is 15.5 Å². The summed E-state index contributed by atoms with van der Waals surface area (Å²) in [7, 11) is 0. The molecule has 2 aromatic carbocycles. The molecule has 1 aliphatic rings. The van der Waals surface area contributed by atoms with E-state index < -0.39 is 0 Å². The lowest BCUT2D eigenvalue weighted by molar-refractivity contribution is -0.120. The molecule has 1 heterocycles. The van der Waals surface area contributed by atoms with E-state index in [4.69, 9.17) is 4.99 Å². The fourth-order valence-corrected chi connectivity index (χ4v) is 3.23. The van der Waals surface area contributed by atoms with E-state index in [1.54, 1.807) is 12.1 Å². The molecule has 1 fully saturated rings. The molecular weight excluding hydrogens is 355 g/mol. The second-order valence-corrected chi connectivity index (χ2v) is 6.90. The van der Waals surface area contributed by atoms with Crippen LogP contribution in [0.5, 0.6) is 0 Å². The first-order chi connectivity index (χ1) is 13.7. The largest absolute Gasteiger partial charge is 0.354 e. The third-order valence-electron chi connectivity index (χ3n) is 4.63. The van der Waals surface area contributed by atoms with Crippen LogP contribution in [-0.4, -0.2) is 42.9 Å². The second kappa shape index (κ2) is 10.4. The van der Waals surface area contributed by atoms with Crippen molar-refractivity contribution < 1.29 is 9.18 Å². The van der Waals surface area contributed by atoms with Gasteiger partial charge in [0.1, 0.15) is 5.82 Å².